The van der Waals surface area contributed by atoms with E-state index in [-0.39, 0.29) is 29.6 Å². The Morgan fingerprint density at radius 1 is 1.33 bits per heavy atom. The minimum absolute atomic E-state index is 0. The molecule has 3 N–H and O–H groups in total. The first kappa shape index (κ1) is 21.2. The zero-order chi connectivity index (χ0) is 16.9. The Morgan fingerprint density at radius 3 is 2.46 bits per heavy atom. The maximum atomic E-state index is 12.3. The van der Waals surface area contributed by atoms with Crippen molar-refractivity contribution >= 4 is 29.9 Å². The van der Waals surface area contributed by atoms with Gasteiger partial charge >= 0.3 is 0 Å². The highest BCUT2D eigenvalue weighted by Crippen LogP contribution is 2.35. The minimum atomic E-state index is -0.456. The van der Waals surface area contributed by atoms with Crippen LogP contribution in [0.5, 0.6) is 0 Å². The summed E-state index contributed by atoms with van der Waals surface area (Å²) in [5.41, 5.74) is 7.13. The van der Waals surface area contributed by atoms with Crippen LogP contribution in [0.15, 0.2) is 24.3 Å². The first-order chi connectivity index (χ1) is 11.0. The maximum Gasteiger partial charge on any atom is 0.237 e. The Kier molecular flexibility index (Phi) is 8.51. The van der Waals surface area contributed by atoms with E-state index in [1.165, 1.54) is 5.56 Å². The molecule has 136 valence electrons. The van der Waals surface area contributed by atoms with Gasteiger partial charge in [0.1, 0.15) is 0 Å². The van der Waals surface area contributed by atoms with Crippen LogP contribution in [0.1, 0.15) is 38.7 Å². The fraction of sp³-hybridized carbons (Fsp3) is 0.611. The molecule has 2 atom stereocenters. The first-order valence-electron chi connectivity index (χ1n) is 8.35. The van der Waals surface area contributed by atoms with E-state index in [2.05, 4.69) is 17.4 Å². The van der Waals surface area contributed by atoms with Crippen LogP contribution in [0.25, 0.3) is 0 Å². The predicted octanol–water partition coefficient (Wildman–Crippen LogP) is 3.30. The Bertz CT molecular complexity index is 516. The number of benzene rings is 1. The number of halogens is 2. The summed E-state index contributed by atoms with van der Waals surface area (Å²) < 4.78 is 5.52. The van der Waals surface area contributed by atoms with Crippen LogP contribution in [0, 0.1) is 5.92 Å². The molecule has 1 aliphatic heterocycles. The lowest BCUT2D eigenvalue weighted by Crippen LogP contribution is -2.50. The van der Waals surface area contributed by atoms with Crippen molar-refractivity contribution in [1.29, 1.82) is 0 Å². The van der Waals surface area contributed by atoms with Crippen LogP contribution in [0.4, 0.5) is 0 Å². The second kappa shape index (κ2) is 9.62. The molecule has 0 radical (unpaired) electrons. The molecule has 1 saturated heterocycles. The fourth-order valence-electron chi connectivity index (χ4n) is 3.02. The summed E-state index contributed by atoms with van der Waals surface area (Å²) in [6.45, 7) is 6.05. The third kappa shape index (κ3) is 5.09. The monoisotopic (exact) mass is 374 g/mol. The standard InChI is InChI=1S/C18H27ClN2O2.ClH/c1-3-13(2)16(20)17(22)21-12-18(8-10-23-11-9-18)14-4-6-15(19)7-5-14;/h4-7,13,16H,3,8-12,20H2,1-2H3,(H,21,22);1H. The fourth-order valence-corrected chi connectivity index (χ4v) is 3.15. The van der Waals surface area contributed by atoms with Gasteiger partial charge in [-0.25, -0.2) is 0 Å². The van der Waals surface area contributed by atoms with Crippen LogP contribution in [0.2, 0.25) is 5.02 Å². The zero-order valence-electron chi connectivity index (χ0n) is 14.4. The van der Waals surface area contributed by atoms with Gasteiger partial charge < -0.3 is 15.8 Å². The van der Waals surface area contributed by atoms with Gasteiger partial charge in [0.05, 0.1) is 6.04 Å². The van der Waals surface area contributed by atoms with E-state index in [0.717, 1.165) is 24.3 Å². The number of hydrogen-bond donors (Lipinski definition) is 2. The van der Waals surface area contributed by atoms with E-state index in [1.54, 1.807) is 0 Å². The topological polar surface area (TPSA) is 64.4 Å². The van der Waals surface area contributed by atoms with Gasteiger partial charge in [0.25, 0.3) is 0 Å². The van der Waals surface area contributed by atoms with E-state index >= 15 is 0 Å². The summed E-state index contributed by atoms with van der Waals surface area (Å²) >= 11 is 6.00. The van der Waals surface area contributed by atoms with Gasteiger partial charge in [-0.3, -0.25) is 4.79 Å². The molecule has 1 fully saturated rings. The van der Waals surface area contributed by atoms with Crippen molar-refractivity contribution in [3.63, 3.8) is 0 Å². The molecule has 0 aliphatic carbocycles. The first-order valence-corrected chi connectivity index (χ1v) is 8.73. The number of hydrogen-bond acceptors (Lipinski definition) is 3. The molecule has 0 spiro atoms. The largest absolute Gasteiger partial charge is 0.381 e. The SMILES string of the molecule is CCC(C)C(N)C(=O)NCC1(c2ccc(Cl)cc2)CCOCC1.Cl. The lowest BCUT2D eigenvalue weighted by molar-refractivity contribution is -0.123. The van der Waals surface area contributed by atoms with Crippen molar-refractivity contribution < 1.29 is 9.53 Å². The average Bonchev–Trinajstić information content (AvgIpc) is 2.59. The molecule has 2 rings (SSSR count). The van der Waals surface area contributed by atoms with Gasteiger partial charge in [-0.1, -0.05) is 44.0 Å². The lowest BCUT2D eigenvalue weighted by Gasteiger charge is -2.38. The molecule has 1 aromatic carbocycles. The third-order valence-corrected chi connectivity index (χ3v) is 5.32. The van der Waals surface area contributed by atoms with Crippen molar-refractivity contribution in [1.82, 2.24) is 5.32 Å². The van der Waals surface area contributed by atoms with Gasteiger partial charge in [0.15, 0.2) is 0 Å². The zero-order valence-corrected chi connectivity index (χ0v) is 16.0. The van der Waals surface area contributed by atoms with Gasteiger partial charge in [0.2, 0.25) is 5.91 Å². The average molecular weight is 375 g/mol. The van der Waals surface area contributed by atoms with Gasteiger partial charge in [-0.05, 0) is 36.5 Å². The summed E-state index contributed by atoms with van der Waals surface area (Å²) in [6.07, 6.45) is 2.66. The molecule has 1 aromatic rings. The third-order valence-electron chi connectivity index (χ3n) is 5.07. The quantitative estimate of drug-likeness (QED) is 0.802. The summed E-state index contributed by atoms with van der Waals surface area (Å²) in [4.78, 5) is 12.3. The molecule has 0 aromatic heterocycles. The summed E-state index contributed by atoms with van der Waals surface area (Å²) in [5, 5.41) is 3.79. The number of carbonyl (C=O) groups is 1. The van der Waals surface area contributed by atoms with Crippen LogP contribution >= 0.6 is 24.0 Å². The summed E-state index contributed by atoms with van der Waals surface area (Å²) in [6, 6.07) is 7.45. The van der Waals surface area contributed by atoms with Gasteiger partial charge in [-0.2, -0.15) is 0 Å². The van der Waals surface area contributed by atoms with Gasteiger partial charge in [0, 0.05) is 30.2 Å². The van der Waals surface area contributed by atoms with Crippen LogP contribution < -0.4 is 11.1 Å². The van der Waals surface area contributed by atoms with Crippen molar-refractivity contribution in [2.45, 2.75) is 44.6 Å². The second-order valence-electron chi connectivity index (χ2n) is 6.53. The molecule has 1 amide bonds. The van der Waals surface area contributed by atoms with Crippen LogP contribution in [-0.4, -0.2) is 31.7 Å². The molecule has 1 aliphatic rings. The molecular formula is C18H28Cl2N2O2. The molecule has 2 unspecified atom stereocenters. The normalized spacial score (nSPS) is 19.0. The van der Waals surface area contributed by atoms with Crippen molar-refractivity contribution in [3.8, 4) is 0 Å². The summed E-state index contributed by atoms with van der Waals surface area (Å²) in [7, 11) is 0. The Labute approximate surface area is 155 Å². The second-order valence-corrected chi connectivity index (χ2v) is 6.97. The number of amides is 1. The lowest BCUT2D eigenvalue weighted by atomic mass is 9.74. The molecular weight excluding hydrogens is 347 g/mol. The smallest absolute Gasteiger partial charge is 0.237 e. The molecule has 6 heteroatoms. The van der Waals surface area contributed by atoms with E-state index in [0.29, 0.717) is 19.8 Å². The number of ether oxygens (including phenoxy) is 1. The number of carbonyl (C=O) groups excluding carboxylic acids is 1. The van der Waals surface area contributed by atoms with Crippen molar-refractivity contribution in [2.75, 3.05) is 19.8 Å². The number of rotatable bonds is 6. The molecule has 1 heterocycles. The maximum absolute atomic E-state index is 12.3. The highest BCUT2D eigenvalue weighted by atomic mass is 35.5. The van der Waals surface area contributed by atoms with E-state index in [1.807, 2.05) is 26.0 Å². The van der Waals surface area contributed by atoms with Crippen LogP contribution in [0.3, 0.4) is 0 Å². The number of nitrogens with one attached hydrogen (secondary N) is 1. The molecule has 24 heavy (non-hydrogen) atoms. The Balaban J connectivity index is 0.00000288. The van der Waals surface area contributed by atoms with E-state index < -0.39 is 6.04 Å². The highest BCUT2D eigenvalue weighted by molar-refractivity contribution is 6.30. The Hall–Kier alpha value is -0.810. The van der Waals surface area contributed by atoms with E-state index in [4.69, 9.17) is 22.1 Å². The minimum Gasteiger partial charge on any atom is -0.381 e. The van der Waals surface area contributed by atoms with Crippen molar-refractivity contribution in [3.05, 3.63) is 34.9 Å². The van der Waals surface area contributed by atoms with Crippen molar-refractivity contribution in [2.24, 2.45) is 11.7 Å². The summed E-state index contributed by atoms with van der Waals surface area (Å²) in [5.74, 6) is 0.107. The number of nitrogens with two attached hydrogens (primary N) is 1. The Morgan fingerprint density at radius 2 is 1.92 bits per heavy atom. The molecule has 0 saturated carbocycles. The van der Waals surface area contributed by atoms with Gasteiger partial charge in [-0.15, -0.1) is 12.4 Å². The van der Waals surface area contributed by atoms with Crippen LogP contribution in [-0.2, 0) is 14.9 Å². The predicted molar refractivity (Wildman–Crippen MR) is 101 cm³/mol. The highest BCUT2D eigenvalue weighted by Gasteiger charge is 2.35. The molecule has 4 nitrogen and oxygen atoms in total. The van der Waals surface area contributed by atoms with E-state index in [9.17, 15) is 4.79 Å². The molecule has 0 bridgehead atoms.